The number of amides is 1. The van der Waals surface area contributed by atoms with Crippen LogP contribution in [0.1, 0.15) is 19.8 Å². The first-order chi connectivity index (χ1) is 13.2. The van der Waals surface area contributed by atoms with E-state index in [0.717, 1.165) is 6.42 Å². The Kier molecular flexibility index (Phi) is 6.40. The van der Waals surface area contributed by atoms with Crippen molar-refractivity contribution in [3.63, 3.8) is 0 Å². The molecule has 156 valence electrons. The van der Waals surface area contributed by atoms with Crippen LogP contribution in [0.25, 0.3) is 0 Å². The number of carbonyl (C=O) groups excluding carboxylic acids is 1. The maximum atomic E-state index is 12.9. The summed E-state index contributed by atoms with van der Waals surface area (Å²) in [6, 6.07) is 5.08. The molecule has 1 amide bonds. The summed E-state index contributed by atoms with van der Waals surface area (Å²) in [5, 5.41) is 2.76. The number of benzene rings is 1. The van der Waals surface area contributed by atoms with Crippen LogP contribution in [0.3, 0.4) is 0 Å². The second-order valence-corrected chi connectivity index (χ2v) is 10.8. The number of morpholine rings is 1. The highest BCUT2D eigenvalue weighted by Crippen LogP contribution is 2.24. The van der Waals surface area contributed by atoms with E-state index in [-0.39, 0.29) is 41.4 Å². The first-order valence-electron chi connectivity index (χ1n) is 9.16. The minimum absolute atomic E-state index is 0.0388. The predicted octanol–water partition coefficient (Wildman–Crippen LogP) is -0.00330. The van der Waals surface area contributed by atoms with E-state index in [1.807, 2.05) is 0 Å². The van der Waals surface area contributed by atoms with Gasteiger partial charge in [0.1, 0.15) is 0 Å². The molecule has 0 radical (unpaired) electrons. The monoisotopic (exact) mass is 431 g/mol. The summed E-state index contributed by atoms with van der Waals surface area (Å²) in [5.41, 5.74) is 0. The topological polar surface area (TPSA) is 113 Å². The lowest BCUT2D eigenvalue weighted by Gasteiger charge is -2.32. The van der Waals surface area contributed by atoms with Gasteiger partial charge >= 0.3 is 0 Å². The van der Waals surface area contributed by atoms with Crippen LogP contribution in [0, 0.1) is 0 Å². The quantitative estimate of drug-likeness (QED) is 0.702. The van der Waals surface area contributed by atoms with E-state index >= 15 is 0 Å². The zero-order valence-corrected chi connectivity index (χ0v) is 17.3. The summed E-state index contributed by atoms with van der Waals surface area (Å²) in [4.78, 5) is 11.3. The number of rotatable bonds is 5. The highest BCUT2D eigenvalue weighted by molar-refractivity contribution is 7.89. The Morgan fingerprint density at radius 1 is 0.964 bits per heavy atom. The van der Waals surface area contributed by atoms with Gasteiger partial charge in [-0.15, -0.1) is 0 Å². The molecule has 1 aromatic rings. The van der Waals surface area contributed by atoms with Crippen LogP contribution in [0.2, 0.25) is 0 Å². The molecule has 2 fully saturated rings. The van der Waals surface area contributed by atoms with Crippen molar-refractivity contribution in [2.45, 2.75) is 35.6 Å². The van der Waals surface area contributed by atoms with Crippen molar-refractivity contribution in [3.05, 3.63) is 24.3 Å². The van der Waals surface area contributed by atoms with Gasteiger partial charge in [0.25, 0.3) is 0 Å². The van der Waals surface area contributed by atoms with Gasteiger partial charge in [0.2, 0.25) is 26.0 Å². The Balaban J connectivity index is 1.77. The highest BCUT2D eigenvalue weighted by atomic mass is 32.2. The van der Waals surface area contributed by atoms with E-state index in [2.05, 4.69) is 5.32 Å². The molecule has 1 unspecified atom stereocenters. The number of carbonyl (C=O) groups is 1. The number of piperidine rings is 1. The van der Waals surface area contributed by atoms with Crippen LogP contribution < -0.4 is 5.32 Å². The highest BCUT2D eigenvalue weighted by Gasteiger charge is 2.31. The molecule has 2 aliphatic heterocycles. The number of nitrogens with one attached hydrogen (secondary N) is 1. The lowest BCUT2D eigenvalue weighted by atomic mass is 10.1. The maximum Gasteiger partial charge on any atom is 0.243 e. The summed E-state index contributed by atoms with van der Waals surface area (Å²) in [6.45, 7) is 3.22. The second-order valence-electron chi connectivity index (χ2n) is 6.89. The van der Waals surface area contributed by atoms with Gasteiger partial charge in [0.05, 0.1) is 23.0 Å². The fourth-order valence-electron chi connectivity index (χ4n) is 3.43. The van der Waals surface area contributed by atoms with Crippen molar-refractivity contribution < 1.29 is 26.4 Å². The standard InChI is InChI=1S/C17H25N3O6S2/c1-14(21)18-15-3-2-8-20(13-15)28(24,25)17-6-4-16(5-7-17)27(22,23)19-9-11-26-12-10-19/h4-7,15H,2-3,8-13H2,1H3,(H,18,21). The van der Waals surface area contributed by atoms with Gasteiger partial charge in [0.15, 0.2) is 0 Å². The minimum atomic E-state index is -3.76. The molecule has 1 aromatic carbocycles. The fourth-order valence-corrected chi connectivity index (χ4v) is 6.37. The van der Waals surface area contributed by atoms with Crippen molar-refractivity contribution in [3.8, 4) is 0 Å². The lowest BCUT2D eigenvalue weighted by Crippen LogP contribution is -2.49. The summed E-state index contributed by atoms with van der Waals surface area (Å²) in [5.74, 6) is -0.193. The van der Waals surface area contributed by atoms with Crippen LogP contribution in [0.15, 0.2) is 34.1 Å². The Hall–Kier alpha value is -1.53. The van der Waals surface area contributed by atoms with Crippen LogP contribution >= 0.6 is 0 Å². The molecule has 0 saturated carbocycles. The summed E-state index contributed by atoms with van der Waals surface area (Å²) in [6.07, 6.45) is 1.37. The van der Waals surface area contributed by atoms with Crippen molar-refractivity contribution >= 4 is 26.0 Å². The van der Waals surface area contributed by atoms with Crippen molar-refractivity contribution in [1.29, 1.82) is 0 Å². The number of hydrogen-bond donors (Lipinski definition) is 1. The zero-order chi connectivity index (χ0) is 20.4. The van der Waals surface area contributed by atoms with E-state index in [1.54, 1.807) is 0 Å². The molecular formula is C17H25N3O6S2. The van der Waals surface area contributed by atoms with Gasteiger partial charge < -0.3 is 10.1 Å². The Morgan fingerprint density at radius 2 is 1.50 bits per heavy atom. The van der Waals surface area contributed by atoms with E-state index in [4.69, 9.17) is 4.74 Å². The fraction of sp³-hybridized carbons (Fsp3) is 0.588. The molecule has 11 heteroatoms. The smallest absolute Gasteiger partial charge is 0.243 e. The average Bonchev–Trinajstić information content (AvgIpc) is 2.68. The first kappa shape index (κ1) is 21.2. The van der Waals surface area contributed by atoms with E-state index in [9.17, 15) is 21.6 Å². The molecule has 0 spiro atoms. The van der Waals surface area contributed by atoms with Gasteiger partial charge in [-0.2, -0.15) is 8.61 Å². The van der Waals surface area contributed by atoms with E-state index < -0.39 is 20.0 Å². The molecule has 2 heterocycles. The van der Waals surface area contributed by atoms with Crippen LogP contribution in [-0.4, -0.2) is 76.8 Å². The number of nitrogens with zero attached hydrogens (tertiary/aromatic N) is 2. The Bertz CT molecular complexity index is 909. The zero-order valence-electron chi connectivity index (χ0n) is 15.7. The average molecular weight is 432 g/mol. The molecule has 2 aliphatic rings. The van der Waals surface area contributed by atoms with Gasteiger partial charge in [-0.1, -0.05) is 0 Å². The molecule has 1 N–H and O–H groups in total. The van der Waals surface area contributed by atoms with Crippen molar-refractivity contribution in [2.24, 2.45) is 0 Å². The normalized spacial score (nSPS) is 22.7. The molecule has 0 aromatic heterocycles. The SMILES string of the molecule is CC(=O)NC1CCCN(S(=O)(=O)c2ccc(S(=O)(=O)N3CCOCC3)cc2)C1. The largest absolute Gasteiger partial charge is 0.379 e. The molecule has 2 saturated heterocycles. The lowest BCUT2D eigenvalue weighted by molar-refractivity contribution is -0.119. The third-order valence-electron chi connectivity index (χ3n) is 4.86. The van der Waals surface area contributed by atoms with Gasteiger partial charge in [-0.3, -0.25) is 4.79 Å². The minimum Gasteiger partial charge on any atom is -0.379 e. The second kappa shape index (κ2) is 8.46. The molecule has 0 aliphatic carbocycles. The van der Waals surface area contributed by atoms with Crippen LogP contribution in [0.4, 0.5) is 0 Å². The maximum absolute atomic E-state index is 12.9. The Labute approximate surface area is 165 Å². The molecule has 1 atom stereocenters. The van der Waals surface area contributed by atoms with E-state index in [0.29, 0.717) is 26.2 Å². The molecule has 9 nitrogen and oxygen atoms in total. The van der Waals surface area contributed by atoms with E-state index in [1.165, 1.54) is 39.8 Å². The molecule has 28 heavy (non-hydrogen) atoms. The molecule has 3 rings (SSSR count). The van der Waals surface area contributed by atoms with Crippen molar-refractivity contribution in [1.82, 2.24) is 13.9 Å². The number of hydrogen-bond acceptors (Lipinski definition) is 6. The van der Waals surface area contributed by atoms with Crippen LogP contribution in [-0.2, 0) is 29.6 Å². The van der Waals surface area contributed by atoms with Gasteiger partial charge in [-0.25, -0.2) is 16.8 Å². The third-order valence-corrected chi connectivity index (χ3v) is 8.65. The Morgan fingerprint density at radius 3 is 2.04 bits per heavy atom. The summed E-state index contributed by atoms with van der Waals surface area (Å²) < 4.78 is 59.0. The van der Waals surface area contributed by atoms with Gasteiger partial charge in [0, 0.05) is 39.1 Å². The molecule has 0 bridgehead atoms. The summed E-state index contributed by atoms with van der Waals surface area (Å²) >= 11 is 0. The number of ether oxygens (including phenoxy) is 1. The molecular weight excluding hydrogens is 406 g/mol. The number of sulfonamides is 2. The van der Waals surface area contributed by atoms with Gasteiger partial charge in [-0.05, 0) is 37.1 Å². The first-order valence-corrected chi connectivity index (χ1v) is 12.0. The predicted molar refractivity (Wildman–Crippen MR) is 102 cm³/mol. The third kappa shape index (κ3) is 4.54. The van der Waals surface area contributed by atoms with Crippen LogP contribution in [0.5, 0.6) is 0 Å². The summed E-state index contributed by atoms with van der Waals surface area (Å²) in [7, 11) is -7.44. The van der Waals surface area contributed by atoms with Crippen molar-refractivity contribution in [2.75, 3.05) is 39.4 Å².